The van der Waals surface area contributed by atoms with Crippen LogP contribution in [0.25, 0.3) is 11.0 Å². The number of benzene rings is 1. The fourth-order valence-electron chi connectivity index (χ4n) is 2.69. The summed E-state index contributed by atoms with van der Waals surface area (Å²) in [6.45, 7) is 1.80. The summed E-state index contributed by atoms with van der Waals surface area (Å²) in [5, 5.41) is 8.03. The summed E-state index contributed by atoms with van der Waals surface area (Å²) < 4.78 is 13.0. The van der Waals surface area contributed by atoms with Crippen LogP contribution in [0, 0.1) is 6.92 Å². The predicted octanol–water partition coefficient (Wildman–Crippen LogP) is 3.91. The molecule has 0 spiro atoms. The van der Waals surface area contributed by atoms with Gasteiger partial charge >= 0.3 is 0 Å². The number of furan rings is 1. The van der Waals surface area contributed by atoms with E-state index in [1.807, 2.05) is 24.3 Å². The molecule has 3 aromatic heterocycles. The van der Waals surface area contributed by atoms with Gasteiger partial charge in [-0.15, -0.1) is 0 Å². The summed E-state index contributed by atoms with van der Waals surface area (Å²) in [6.07, 6.45) is 3.25. The van der Waals surface area contributed by atoms with E-state index in [1.165, 1.54) is 0 Å². The molecule has 4 aromatic rings. The van der Waals surface area contributed by atoms with Crippen molar-refractivity contribution in [2.75, 3.05) is 5.32 Å². The molecule has 0 radical (unpaired) electrons. The highest BCUT2D eigenvalue weighted by atomic mass is 16.5. The number of nitrogens with one attached hydrogen (secondary N) is 1. The Balaban J connectivity index is 1.64. The molecule has 26 heavy (non-hydrogen) atoms. The van der Waals surface area contributed by atoms with Gasteiger partial charge in [-0.25, -0.2) is 4.68 Å². The Hall–Kier alpha value is -3.61. The first-order valence-corrected chi connectivity index (χ1v) is 8.03. The number of aromatic nitrogens is 3. The third-order valence-electron chi connectivity index (χ3n) is 3.91. The van der Waals surface area contributed by atoms with Crippen molar-refractivity contribution in [2.24, 2.45) is 7.05 Å². The molecule has 7 heteroatoms. The van der Waals surface area contributed by atoms with Gasteiger partial charge in [-0.3, -0.25) is 9.78 Å². The fraction of sp³-hybridized carbons (Fsp3) is 0.105. The first kappa shape index (κ1) is 15.9. The zero-order valence-corrected chi connectivity index (χ0v) is 14.3. The highest BCUT2D eigenvalue weighted by Gasteiger charge is 2.20. The van der Waals surface area contributed by atoms with E-state index in [-0.39, 0.29) is 11.7 Å². The number of hydrogen-bond donors (Lipinski definition) is 1. The lowest BCUT2D eigenvalue weighted by atomic mass is 10.2. The van der Waals surface area contributed by atoms with Crippen molar-refractivity contribution < 1.29 is 13.9 Å². The van der Waals surface area contributed by atoms with Crippen LogP contribution in [0.3, 0.4) is 0 Å². The van der Waals surface area contributed by atoms with E-state index >= 15 is 0 Å². The summed E-state index contributed by atoms with van der Waals surface area (Å²) in [7, 11) is 1.75. The minimum Gasteiger partial charge on any atom is -0.451 e. The Morgan fingerprint density at radius 2 is 2.08 bits per heavy atom. The van der Waals surface area contributed by atoms with Crippen LogP contribution < -0.4 is 10.1 Å². The van der Waals surface area contributed by atoms with Crippen molar-refractivity contribution >= 4 is 22.6 Å². The van der Waals surface area contributed by atoms with Crippen molar-refractivity contribution in [3.05, 3.63) is 66.3 Å². The minimum absolute atomic E-state index is 0.224. The molecular weight excluding hydrogens is 332 g/mol. The molecule has 0 atom stereocenters. The largest absolute Gasteiger partial charge is 0.451 e. The monoisotopic (exact) mass is 348 g/mol. The molecule has 0 unspecified atom stereocenters. The standard InChI is InChI=1S/C19H16N4O3/c1-12-17(19(23(2)22-12)25-14-7-5-9-20-11-14)21-18(24)16-10-13-6-3-4-8-15(13)26-16/h3-11H,1-2H3,(H,21,24). The topological polar surface area (TPSA) is 82.2 Å². The van der Waals surface area contributed by atoms with Gasteiger partial charge in [-0.2, -0.15) is 5.10 Å². The molecule has 3 heterocycles. The van der Waals surface area contributed by atoms with Gasteiger partial charge < -0.3 is 14.5 Å². The zero-order chi connectivity index (χ0) is 18.1. The summed E-state index contributed by atoms with van der Waals surface area (Å²) in [5.74, 6) is 0.824. The van der Waals surface area contributed by atoms with Gasteiger partial charge in [0.25, 0.3) is 5.91 Å². The Bertz CT molecular complexity index is 1050. The van der Waals surface area contributed by atoms with Crippen molar-refractivity contribution in [3.8, 4) is 11.6 Å². The number of pyridine rings is 1. The van der Waals surface area contributed by atoms with Crippen molar-refractivity contribution in [3.63, 3.8) is 0 Å². The number of rotatable bonds is 4. The number of fused-ring (bicyclic) bond motifs is 1. The molecule has 0 aliphatic carbocycles. The molecule has 0 fully saturated rings. The van der Waals surface area contributed by atoms with Crippen LogP contribution in [0.15, 0.2) is 59.3 Å². The molecule has 1 amide bonds. The maximum atomic E-state index is 12.6. The van der Waals surface area contributed by atoms with E-state index in [9.17, 15) is 4.79 Å². The second-order valence-electron chi connectivity index (χ2n) is 5.78. The Labute approximate surface area is 149 Å². The highest BCUT2D eigenvalue weighted by molar-refractivity contribution is 6.05. The quantitative estimate of drug-likeness (QED) is 0.604. The third kappa shape index (κ3) is 2.90. The minimum atomic E-state index is -0.367. The van der Waals surface area contributed by atoms with Gasteiger partial charge in [-0.05, 0) is 31.2 Å². The van der Waals surface area contributed by atoms with E-state index < -0.39 is 0 Å². The van der Waals surface area contributed by atoms with Crippen molar-refractivity contribution in [2.45, 2.75) is 6.92 Å². The van der Waals surface area contributed by atoms with Crippen molar-refractivity contribution in [1.29, 1.82) is 0 Å². The molecule has 4 rings (SSSR count). The third-order valence-corrected chi connectivity index (χ3v) is 3.91. The van der Waals surface area contributed by atoms with Gasteiger partial charge in [0.1, 0.15) is 17.0 Å². The van der Waals surface area contributed by atoms with E-state index in [2.05, 4.69) is 15.4 Å². The van der Waals surface area contributed by atoms with Gasteiger partial charge in [0, 0.05) is 18.6 Å². The lowest BCUT2D eigenvalue weighted by Gasteiger charge is -2.09. The molecule has 0 saturated carbocycles. The maximum absolute atomic E-state index is 12.6. The van der Waals surface area contributed by atoms with Crippen LogP contribution in [0.2, 0.25) is 0 Å². The van der Waals surface area contributed by atoms with Gasteiger partial charge in [0.05, 0.1) is 11.9 Å². The SMILES string of the molecule is Cc1nn(C)c(Oc2cccnc2)c1NC(=O)c1cc2ccccc2o1. The van der Waals surface area contributed by atoms with E-state index in [0.717, 1.165) is 5.39 Å². The number of nitrogens with zero attached hydrogens (tertiary/aromatic N) is 3. The second kappa shape index (κ2) is 6.36. The average molecular weight is 348 g/mol. The molecule has 1 N–H and O–H groups in total. The first-order chi connectivity index (χ1) is 12.6. The van der Waals surface area contributed by atoms with Crippen LogP contribution in [0.5, 0.6) is 11.6 Å². The highest BCUT2D eigenvalue weighted by Crippen LogP contribution is 2.32. The zero-order valence-electron chi connectivity index (χ0n) is 14.3. The van der Waals surface area contributed by atoms with Crippen LogP contribution in [0.1, 0.15) is 16.2 Å². The molecule has 0 aliphatic rings. The summed E-state index contributed by atoms with van der Waals surface area (Å²) in [6, 6.07) is 12.7. The fourth-order valence-corrected chi connectivity index (χ4v) is 2.69. The van der Waals surface area contributed by atoms with E-state index in [0.29, 0.717) is 28.6 Å². The summed E-state index contributed by atoms with van der Waals surface area (Å²) >= 11 is 0. The Morgan fingerprint density at radius 1 is 1.23 bits per heavy atom. The molecule has 0 aliphatic heterocycles. The molecule has 0 bridgehead atoms. The van der Waals surface area contributed by atoms with E-state index in [1.54, 1.807) is 49.2 Å². The summed E-state index contributed by atoms with van der Waals surface area (Å²) in [5.41, 5.74) is 1.78. The predicted molar refractivity (Wildman–Crippen MR) is 96.4 cm³/mol. The van der Waals surface area contributed by atoms with Crippen LogP contribution in [-0.2, 0) is 7.05 Å². The lowest BCUT2D eigenvalue weighted by Crippen LogP contribution is -2.12. The molecule has 130 valence electrons. The number of aryl methyl sites for hydroxylation is 2. The number of carbonyl (C=O) groups excluding carboxylic acids is 1. The van der Waals surface area contributed by atoms with Crippen LogP contribution in [0.4, 0.5) is 5.69 Å². The Kier molecular flexibility index (Phi) is 3.89. The number of para-hydroxylation sites is 1. The number of amides is 1. The maximum Gasteiger partial charge on any atom is 0.291 e. The first-order valence-electron chi connectivity index (χ1n) is 8.03. The Morgan fingerprint density at radius 3 is 2.85 bits per heavy atom. The van der Waals surface area contributed by atoms with Crippen LogP contribution >= 0.6 is 0 Å². The number of ether oxygens (including phenoxy) is 1. The van der Waals surface area contributed by atoms with E-state index in [4.69, 9.17) is 9.15 Å². The second-order valence-corrected chi connectivity index (χ2v) is 5.78. The smallest absolute Gasteiger partial charge is 0.291 e. The van der Waals surface area contributed by atoms with Gasteiger partial charge in [0.2, 0.25) is 5.88 Å². The number of anilines is 1. The number of carbonyl (C=O) groups is 1. The molecule has 7 nitrogen and oxygen atoms in total. The normalized spacial score (nSPS) is 10.8. The molecular formula is C19H16N4O3. The van der Waals surface area contributed by atoms with Gasteiger partial charge in [-0.1, -0.05) is 18.2 Å². The van der Waals surface area contributed by atoms with Gasteiger partial charge in [0.15, 0.2) is 5.76 Å². The molecule has 1 aromatic carbocycles. The van der Waals surface area contributed by atoms with Crippen LogP contribution in [-0.4, -0.2) is 20.7 Å². The number of hydrogen-bond acceptors (Lipinski definition) is 5. The van der Waals surface area contributed by atoms with Crippen molar-refractivity contribution in [1.82, 2.24) is 14.8 Å². The lowest BCUT2D eigenvalue weighted by molar-refractivity contribution is 0.0998. The summed E-state index contributed by atoms with van der Waals surface area (Å²) in [4.78, 5) is 16.7. The molecule has 0 saturated heterocycles. The average Bonchev–Trinajstić information content (AvgIpc) is 3.19.